The molecule has 2 aromatic rings. The van der Waals surface area contributed by atoms with Crippen molar-refractivity contribution in [1.82, 2.24) is 19.6 Å². The SMILES string of the molecule is CC(=O)Oc1ccc(C[C@@H](OC(=O)N2CCC(N3CCc4ccccc4NC3=O)CC2)C(=O)N2CCN(C3CCOCC3)CC2)cc1C. The second-order valence-electron chi connectivity index (χ2n) is 13.2. The number of amides is 4. The molecule has 0 saturated carbocycles. The maximum atomic E-state index is 14.0. The fourth-order valence-electron chi connectivity index (χ4n) is 7.36. The molecule has 4 aliphatic heterocycles. The molecular formula is C36H47N5O7. The van der Waals surface area contributed by atoms with Crippen molar-refractivity contribution < 1.29 is 33.4 Å². The molecular weight excluding hydrogens is 614 g/mol. The maximum absolute atomic E-state index is 14.0. The zero-order valence-corrected chi connectivity index (χ0v) is 28.0. The summed E-state index contributed by atoms with van der Waals surface area (Å²) in [5, 5.41) is 3.04. The van der Waals surface area contributed by atoms with Gasteiger partial charge in [0.15, 0.2) is 6.10 Å². The molecule has 4 heterocycles. The van der Waals surface area contributed by atoms with Crippen LogP contribution in [0.4, 0.5) is 15.3 Å². The number of fused-ring (bicyclic) bond motifs is 1. The molecule has 1 atom stereocenters. The van der Waals surface area contributed by atoms with E-state index in [2.05, 4.69) is 10.2 Å². The topological polar surface area (TPSA) is 121 Å². The summed E-state index contributed by atoms with van der Waals surface area (Å²) < 4.78 is 16.9. The van der Waals surface area contributed by atoms with Crippen molar-refractivity contribution >= 4 is 29.7 Å². The van der Waals surface area contributed by atoms with Crippen LogP contribution >= 0.6 is 0 Å². The van der Waals surface area contributed by atoms with Crippen molar-refractivity contribution in [3.8, 4) is 5.75 Å². The smallest absolute Gasteiger partial charge is 0.410 e. The molecule has 3 fully saturated rings. The third kappa shape index (κ3) is 8.10. The number of para-hydroxylation sites is 1. The predicted molar refractivity (Wildman–Crippen MR) is 179 cm³/mol. The molecule has 0 bridgehead atoms. The number of nitrogens with zero attached hydrogens (tertiary/aromatic N) is 4. The van der Waals surface area contributed by atoms with Gasteiger partial charge in [0.05, 0.1) is 0 Å². The summed E-state index contributed by atoms with van der Waals surface area (Å²) >= 11 is 0. The second kappa shape index (κ2) is 15.4. The lowest BCUT2D eigenvalue weighted by atomic mass is 10.0. The van der Waals surface area contributed by atoms with E-state index in [9.17, 15) is 19.2 Å². The van der Waals surface area contributed by atoms with Crippen LogP contribution in [0.3, 0.4) is 0 Å². The molecule has 12 nitrogen and oxygen atoms in total. The minimum atomic E-state index is -1.00. The van der Waals surface area contributed by atoms with Crippen LogP contribution in [-0.4, -0.2) is 121 Å². The number of carbonyl (C=O) groups is 4. The number of rotatable bonds is 7. The predicted octanol–water partition coefficient (Wildman–Crippen LogP) is 3.85. The summed E-state index contributed by atoms with van der Waals surface area (Å²) in [5.41, 5.74) is 3.53. The molecule has 4 aliphatic rings. The van der Waals surface area contributed by atoms with E-state index in [-0.39, 0.29) is 24.4 Å². The van der Waals surface area contributed by atoms with Gasteiger partial charge in [0.2, 0.25) is 0 Å². The third-order valence-electron chi connectivity index (χ3n) is 10.1. The molecule has 4 amide bonds. The van der Waals surface area contributed by atoms with E-state index < -0.39 is 18.2 Å². The number of carbonyl (C=O) groups excluding carboxylic acids is 4. The highest BCUT2D eigenvalue weighted by Gasteiger charge is 2.36. The van der Waals surface area contributed by atoms with Crippen molar-refractivity contribution in [1.29, 1.82) is 0 Å². The number of ether oxygens (including phenoxy) is 3. The quantitative estimate of drug-likeness (QED) is 0.351. The van der Waals surface area contributed by atoms with Gasteiger partial charge in [0, 0.05) is 90.1 Å². The lowest BCUT2D eigenvalue weighted by molar-refractivity contribution is -0.143. The number of benzene rings is 2. The highest BCUT2D eigenvalue weighted by molar-refractivity contribution is 5.91. The van der Waals surface area contributed by atoms with Gasteiger partial charge in [-0.2, -0.15) is 0 Å². The molecule has 0 radical (unpaired) electrons. The van der Waals surface area contributed by atoms with Crippen LogP contribution in [0.5, 0.6) is 5.75 Å². The Morgan fingerprint density at radius 1 is 0.896 bits per heavy atom. The summed E-state index contributed by atoms with van der Waals surface area (Å²) in [7, 11) is 0. The van der Waals surface area contributed by atoms with Crippen LogP contribution in [-0.2, 0) is 31.9 Å². The van der Waals surface area contributed by atoms with Gasteiger partial charge < -0.3 is 34.2 Å². The molecule has 2 aromatic carbocycles. The maximum Gasteiger partial charge on any atom is 0.410 e. The number of hydrogen-bond donors (Lipinski definition) is 1. The normalized spacial score (nSPS) is 20.4. The number of hydrogen-bond acceptors (Lipinski definition) is 8. The van der Waals surface area contributed by atoms with Crippen LogP contribution in [0, 0.1) is 6.92 Å². The fourth-order valence-corrected chi connectivity index (χ4v) is 7.36. The van der Waals surface area contributed by atoms with E-state index in [1.165, 1.54) is 6.92 Å². The zero-order chi connectivity index (χ0) is 33.6. The largest absolute Gasteiger partial charge is 0.436 e. The first-order chi connectivity index (χ1) is 23.2. The summed E-state index contributed by atoms with van der Waals surface area (Å²) in [5.74, 6) is -0.148. The number of likely N-dealkylation sites (tertiary alicyclic amines) is 1. The number of nitrogens with one attached hydrogen (secondary N) is 1. The van der Waals surface area contributed by atoms with Crippen molar-refractivity contribution in [2.24, 2.45) is 0 Å². The summed E-state index contributed by atoms with van der Waals surface area (Å²) in [6.45, 7) is 8.91. The van der Waals surface area contributed by atoms with Crippen LogP contribution < -0.4 is 10.1 Å². The zero-order valence-electron chi connectivity index (χ0n) is 28.0. The van der Waals surface area contributed by atoms with Crippen molar-refractivity contribution in [2.45, 2.75) is 70.6 Å². The van der Waals surface area contributed by atoms with Crippen LogP contribution in [0.15, 0.2) is 42.5 Å². The molecule has 6 rings (SSSR count). The highest BCUT2D eigenvalue weighted by atomic mass is 16.6. The monoisotopic (exact) mass is 661 g/mol. The van der Waals surface area contributed by atoms with E-state index >= 15 is 0 Å². The van der Waals surface area contributed by atoms with Gasteiger partial charge >= 0.3 is 18.1 Å². The van der Waals surface area contributed by atoms with E-state index in [1.54, 1.807) is 17.0 Å². The highest BCUT2D eigenvalue weighted by Crippen LogP contribution is 2.26. The number of esters is 1. The Morgan fingerprint density at radius 2 is 1.62 bits per heavy atom. The Balaban J connectivity index is 1.09. The van der Waals surface area contributed by atoms with Gasteiger partial charge in [0.1, 0.15) is 5.75 Å². The lowest BCUT2D eigenvalue weighted by Gasteiger charge is -2.41. The first kappa shape index (κ1) is 33.7. The number of anilines is 1. The third-order valence-corrected chi connectivity index (χ3v) is 10.1. The summed E-state index contributed by atoms with van der Waals surface area (Å²) in [6, 6.07) is 13.6. The molecule has 12 heteroatoms. The van der Waals surface area contributed by atoms with Crippen LogP contribution in [0.1, 0.15) is 49.3 Å². The number of piperazine rings is 1. The second-order valence-corrected chi connectivity index (χ2v) is 13.2. The Kier molecular flexibility index (Phi) is 10.8. The van der Waals surface area contributed by atoms with E-state index in [1.807, 2.05) is 47.1 Å². The Hall–Kier alpha value is -4.16. The van der Waals surface area contributed by atoms with Gasteiger partial charge in [-0.25, -0.2) is 9.59 Å². The van der Waals surface area contributed by atoms with Crippen molar-refractivity contribution in [3.63, 3.8) is 0 Å². The van der Waals surface area contributed by atoms with Gasteiger partial charge in [-0.1, -0.05) is 30.3 Å². The standard InChI is InChI=1S/C36H47N5O7/c1-25-23-27(7-8-32(25)47-26(2)42)24-33(34(43)39-19-17-38(18-20-39)29-12-21-46-22-13-29)48-36(45)40-14-10-30(11-15-40)41-16-9-28-5-3-4-6-31(28)37-35(41)44/h3-8,23,29-30,33H,9-22,24H2,1-2H3,(H,37,44)/t33-/m1/s1. The lowest BCUT2D eigenvalue weighted by Crippen LogP contribution is -2.56. The molecule has 3 saturated heterocycles. The number of piperidine rings is 1. The van der Waals surface area contributed by atoms with Gasteiger partial charge in [0.25, 0.3) is 5.91 Å². The summed E-state index contributed by atoms with van der Waals surface area (Å²) in [4.78, 5) is 60.0. The van der Waals surface area contributed by atoms with Gasteiger partial charge in [-0.3, -0.25) is 14.5 Å². The van der Waals surface area contributed by atoms with E-state index in [0.717, 1.165) is 67.9 Å². The molecule has 0 aromatic heterocycles. The molecule has 0 unspecified atom stereocenters. The average Bonchev–Trinajstić information content (AvgIpc) is 3.27. The molecule has 0 aliphatic carbocycles. The fraction of sp³-hybridized carbons (Fsp3) is 0.556. The van der Waals surface area contributed by atoms with Crippen molar-refractivity contribution in [2.75, 3.05) is 64.3 Å². The summed E-state index contributed by atoms with van der Waals surface area (Å²) in [6.07, 6.45) is 2.72. The minimum absolute atomic E-state index is 0.00604. The van der Waals surface area contributed by atoms with E-state index in [4.69, 9.17) is 14.2 Å². The molecule has 258 valence electrons. The Morgan fingerprint density at radius 3 is 2.33 bits per heavy atom. The number of urea groups is 1. The molecule has 48 heavy (non-hydrogen) atoms. The van der Waals surface area contributed by atoms with Gasteiger partial charge in [-0.05, 0) is 67.9 Å². The molecule has 0 spiro atoms. The number of aryl methyl sites for hydroxylation is 1. The average molecular weight is 662 g/mol. The van der Waals surface area contributed by atoms with E-state index in [0.29, 0.717) is 57.4 Å². The van der Waals surface area contributed by atoms with Crippen LogP contribution in [0.2, 0.25) is 0 Å². The first-order valence-electron chi connectivity index (χ1n) is 17.2. The molecule has 1 N–H and O–H groups in total. The minimum Gasteiger partial charge on any atom is -0.436 e. The Labute approximate surface area is 282 Å². The Bertz CT molecular complexity index is 1480. The van der Waals surface area contributed by atoms with Crippen LogP contribution in [0.25, 0.3) is 0 Å². The van der Waals surface area contributed by atoms with Crippen molar-refractivity contribution in [3.05, 3.63) is 59.2 Å². The first-order valence-corrected chi connectivity index (χ1v) is 17.2. The van der Waals surface area contributed by atoms with Gasteiger partial charge in [-0.15, -0.1) is 0 Å².